The van der Waals surface area contributed by atoms with E-state index in [0.29, 0.717) is 12.4 Å². The molecule has 0 aliphatic carbocycles. The molecule has 0 radical (unpaired) electrons. The summed E-state index contributed by atoms with van der Waals surface area (Å²) in [5.74, 6) is 1.35. The quantitative estimate of drug-likeness (QED) is 0.532. The van der Waals surface area contributed by atoms with Crippen LogP contribution in [-0.2, 0) is 6.54 Å². The molecule has 0 atom stereocenters. The number of ether oxygens (including phenoxy) is 1. The van der Waals surface area contributed by atoms with Crippen molar-refractivity contribution in [2.24, 2.45) is 0 Å². The molecule has 0 saturated carbocycles. The van der Waals surface area contributed by atoms with Crippen LogP contribution in [0, 0.1) is 6.92 Å². The maximum Gasteiger partial charge on any atom is 0.226 e. The van der Waals surface area contributed by atoms with E-state index in [1.807, 2.05) is 60.3 Å². The van der Waals surface area contributed by atoms with Crippen LogP contribution in [0.4, 0.5) is 0 Å². The third-order valence-corrected chi connectivity index (χ3v) is 4.22. The molecule has 26 heavy (non-hydrogen) atoms. The van der Waals surface area contributed by atoms with Gasteiger partial charge in [-0.3, -0.25) is 4.68 Å². The number of aryl methyl sites for hydroxylation is 1. The van der Waals surface area contributed by atoms with Gasteiger partial charge in [0.2, 0.25) is 5.89 Å². The average Bonchev–Trinajstić information content (AvgIpc) is 3.29. The molecule has 0 bridgehead atoms. The first kappa shape index (κ1) is 16.1. The van der Waals surface area contributed by atoms with Crippen LogP contribution in [0.1, 0.15) is 11.4 Å². The van der Waals surface area contributed by atoms with E-state index in [4.69, 9.17) is 9.15 Å². The molecule has 0 spiro atoms. The largest absolute Gasteiger partial charge is 0.497 e. The number of aromatic nitrogens is 3. The zero-order valence-corrected chi connectivity index (χ0v) is 14.7. The summed E-state index contributed by atoms with van der Waals surface area (Å²) in [6.07, 6.45) is 3.72. The van der Waals surface area contributed by atoms with E-state index >= 15 is 0 Å². The van der Waals surface area contributed by atoms with Crippen LogP contribution in [0.3, 0.4) is 0 Å². The van der Waals surface area contributed by atoms with Crippen LogP contribution in [0.15, 0.2) is 71.5 Å². The third-order valence-electron chi connectivity index (χ3n) is 4.22. The highest BCUT2D eigenvalue weighted by Gasteiger charge is 2.11. The van der Waals surface area contributed by atoms with Gasteiger partial charge in [-0.15, -0.1) is 0 Å². The van der Waals surface area contributed by atoms with Gasteiger partial charge in [0, 0.05) is 17.3 Å². The Balaban J connectivity index is 1.56. The highest BCUT2D eigenvalue weighted by atomic mass is 16.5. The lowest BCUT2D eigenvalue weighted by Crippen LogP contribution is -2.00. The zero-order chi connectivity index (χ0) is 17.9. The van der Waals surface area contributed by atoms with Crippen molar-refractivity contribution in [1.29, 1.82) is 0 Å². The minimum atomic E-state index is 0.557. The monoisotopic (exact) mass is 345 g/mol. The summed E-state index contributed by atoms with van der Waals surface area (Å²) in [7, 11) is 1.64. The molecule has 0 unspecified atom stereocenters. The van der Waals surface area contributed by atoms with E-state index in [2.05, 4.69) is 22.2 Å². The molecule has 0 N–H and O–H groups in total. The fourth-order valence-electron chi connectivity index (χ4n) is 2.93. The highest BCUT2D eigenvalue weighted by Crippen LogP contribution is 2.25. The van der Waals surface area contributed by atoms with Gasteiger partial charge in [0.25, 0.3) is 0 Å². The van der Waals surface area contributed by atoms with Crippen LogP contribution < -0.4 is 4.74 Å². The first-order valence-corrected chi connectivity index (χ1v) is 8.41. The van der Waals surface area contributed by atoms with Crippen LogP contribution in [0.25, 0.3) is 22.6 Å². The Kier molecular flexibility index (Phi) is 4.27. The second kappa shape index (κ2) is 6.88. The standard InChI is InChI=1S/C21H19N3O2/c1-15-20(16-7-4-3-5-8-16)13-24(23-15)12-18-14-26-21(22-18)17-9-6-10-19(11-17)25-2/h3-11,13-14H,12H2,1-2H3. The topological polar surface area (TPSA) is 53.1 Å². The van der Waals surface area contributed by atoms with Crippen molar-refractivity contribution < 1.29 is 9.15 Å². The molecule has 0 amide bonds. The van der Waals surface area contributed by atoms with Crippen LogP contribution in [0.2, 0.25) is 0 Å². The van der Waals surface area contributed by atoms with Gasteiger partial charge in [-0.2, -0.15) is 5.10 Å². The molecular formula is C21H19N3O2. The number of hydrogen-bond acceptors (Lipinski definition) is 4. The molecule has 2 heterocycles. The van der Waals surface area contributed by atoms with E-state index in [1.54, 1.807) is 13.4 Å². The number of benzene rings is 2. The minimum absolute atomic E-state index is 0.557. The molecule has 4 rings (SSSR count). The average molecular weight is 345 g/mol. The van der Waals surface area contributed by atoms with Gasteiger partial charge < -0.3 is 9.15 Å². The van der Waals surface area contributed by atoms with Crippen LogP contribution >= 0.6 is 0 Å². The second-order valence-corrected chi connectivity index (χ2v) is 6.07. The number of hydrogen-bond donors (Lipinski definition) is 0. The molecule has 5 nitrogen and oxygen atoms in total. The Labute approximate surface area is 151 Å². The van der Waals surface area contributed by atoms with Gasteiger partial charge in [-0.05, 0) is 30.7 Å². The van der Waals surface area contributed by atoms with Crippen molar-refractivity contribution in [2.75, 3.05) is 7.11 Å². The summed E-state index contributed by atoms with van der Waals surface area (Å²) in [5.41, 5.74) is 4.99. The number of rotatable bonds is 5. The van der Waals surface area contributed by atoms with Crippen molar-refractivity contribution in [3.63, 3.8) is 0 Å². The van der Waals surface area contributed by atoms with Gasteiger partial charge in [0.15, 0.2) is 0 Å². The summed E-state index contributed by atoms with van der Waals surface area (Å²) >= 11 is 0. The predicted molar refractivity (Wildman–Crippen MR) is 100.0 cm³/mol. The van der Waals surface area contributed by atoms with Crippen molar-refractivity contribution in [2.45, 2.75) is 13.5 Å². The van der Waals surface area contributed by atoms with Crippen molar-refractivity contribution >= 4 is 0 Å². The Morgan fingerprint density at radius 1 is 1.04 bits per heavy atom. The number of nitrogens with zero attached hydrogens (tertiary/aromatic N) is 3. The summed E-state index contributed by atoms with van der Waals surface area (Å²) in [4.78, 5) is 4.58. The molecule has 0 saturated heterocycles. The molecule has 0 aliphatic heterocycles. The number of methoxy groups -OCH3 is 1. The lowest BCUT2D eigenvalue weighted by Gasteiger charge is -2.00. The summed E-state index contributed by atoms with van der Waals surface area (Å²) < 4.78 is 12.8. The van der Waals surface area contributed by atoms with Crippen molar-refractivity contribution in [3.8, 4) is 28.3 Å². The van der Waals surface area contributed by atoms with Gasteiger partial charge in [0.1, 0.15) is 17.7 Å². The fourth-order valence-corrected chi connectivity index (χ4v) is 2.93. The van der Waals surface area contributed by atoms with Gasteiger partial charge in [-0.1, -0.05) is 36.4 Å². The lowest BCUT2D eigenvalue weighted by molar-refractivity contribution is 0.414. The van der Waals surface area contributed by atoms with Gasteiger partial charge >= 0.3 is 0 Å². The first-order valence-electron chi connectivity index (χ1n) is 8.41. The maximum absolute atomic E-state index is 5.64. The SMILES string of the molecule is COc1cccc(-c2nc(Cn3cc(-c4ccccc4)c(C)n3)co2)c1. The normalized spacial score (nSPS) is 10.8. The Morgan fingerprint density at radius 2 is 1.85 bits per heavy atom. The Morgan fingerprint density at radius 3 is 2.65 bits per heavy atom. The van der Waals surface area contributed by atoms with Crippen LogP contribution in [0.5, 0.6) is 5.75 Å². The Bertz CT molecular complexity index is 1020. The van der Waals surface area contributed by atoms with E-state index in [0.717, 1.165) is 33.8 Å². The van der Waals surface area contributed by atoms with Crippen molar-refractivity contribution in [1.82, 2.24) is 14.8 Å². The third kappa shape index (κ3) is 3.24. The minimum Gasteiger partial charge on any atom is -0.497 e. The molecule has 2 aromatic carbocycles. The molecular weight excluding hydrogens is 326 g/mol. The van der Waals surface area contributed by atoms with E-state index in [-0.39, 0.29) is 0 Å². The Hall–Kier alpha value is -3.34. The fraction of sp³-hybridized carbons (Fsp3) is 0.143. The van der Waals surface area contributed by atoms with Gasteiger partial charge in [0.05, 0.1) is 19.3 Å². The highest BCUT2D eigenvalue weighted by molar-refractivity contribution is 5.64. The second-order valence-electron chi connectivity index (χ2n) is 6.07. The molecule has 0 fully saturated rings. The van der Waals surface area contributed by atoms with E-state index < -0.39 is 0 Å². The summed E-state index contributed by atoms with van der Waals surface area (Å²) in [6, 6.07) is 17.9. The maximum atomic E-state index is 5.64. The van der Waals surface area contributed by atoms with Crippen LogP contribution in [-0.4, -0.2) is 21.9 Å². The molecule has 2 aromatic heterocycles. The summed E-state index contributed by atoms with van der Waals surface area (Å²) in [5, 5.41) is 4.61. The van der Waals surface area contributed by atoms with Gasteiger partial charge in [-0.25, -0.2) is 4.98 Å². The predicted octanol–water partition coefficient (Wildman–Crippen LogP) is 4.57. The number of oxazole rings is 1. The smallest absolute Gasteiger partial charge is 0.226 e. The van der Waals surface area contributed by atoms with Crippen molar-refractivity contribution in [3.05, 3.63) is 78.4 Å². The lowest BCUT2D eigenvalue weighted by atomic mass is 10.1. The molecule has 4 aromatic rings. The first-order chi connectivity index (χ1) is 12.7. The molecule has 130 valence electrons. The van der Waals surface area contributed by atoms with E-state index in [9.17, 15) is 0 Å². The van der Waals surface area contributed by atoms with E-state index in [1.165, 1.54) is 0 Å². The molecule has 0 aliphatic rings. The molecule has 5 heteroatoms. The zero-order valence-electron chi connectivity index (χ0n) is 14.7. The summed E-state index contributed by atoms with van der Waals surface area (Å²) in [6.45, 7) is 2.57.